The third kappa shape index (κ3) is 2.59. The first kappa shape index (κ1) is 13.6. The van der Waals surface area contributed by atoms with E-state index in [4.69, 9.17) is 5.73 Å². The van der Waals surface area contributed by atoms with Gasteiger partial charge in [-0.25, -0.2) is 4.79 Å². The van der Waals surface area contributed by atoms with Gasteiger partial charge >= 0.3 is 6.03 Å². The summed E-state index contributed by atoms with van der Waals surface area (Å²) < 4.78 is 0. The lowest BCUT2D eigenvalue weighted by molar-refractivity contribution is 0.0879. The van der Waals surface area contributed by atoms with Crippen molar-refractivity contribution in [2.75, 3.05) is 16.4 Å². The lowest BCUT2D eigenvalue weighted by Gasteiger charge is -2.08. The van der Waals surface area contributed by atoms with Crippen LogP contribution in [0.2, 0.25) is 0 Å². The van der Waals surface area contributed by atoms with E-state index in [-0.39, 0.29) is 5.56 Å². The Bertz CT molecular complexity index is 801. The summed E-state index contributed by atoms with van der Waals surface area (Å²) >= 11 is 0. The van der Waals surface area contributed by atoms with Crippen LogP contribution in [0.3, 0.4) is 0 Å². The minimum Gasteiger partial charge on any atom is -0.399 e. The molecule has 1 aliphatic heterocycles. The third-order valence-electron chi connectivity index (χ3n) is 3.14. The molecule has 7 heteroatoms. The largest absolute Gasteiger partial charge is 0.399 e. The van der Waals surface area contributed by atoms with Gasteiger partial charge in [-0.3, -0.25) is 14.9 Å². The maximum atomic E-state index is 11.9. The highest BCUT2D eigenvalue weighted by Crippen LogP contribution is 2.20. The molecule has 0 saturated carbocycles. The number of carbonyl (C=O) groups is 3. The van der Waals surface area contributed by atoms with Crippen LogP contribution >= 0.6 is 0 Å². The second-order valence-electron chi connectivity index (χ2n) is 4.75. The quantitative estimate of drug-likeness (QED) is 0.500. The summed E-state index contributed by atoms with van der Waals surface area (Å²) in [5, 5.41) is 7.40. The highest BCUT2D eigenvalue weighted by atomic mass is 16.2. The topological polar surface area (TPSA) is 113 Å². The number of hydrogen-bond acceptors (Lipinski definition) is 4. The fraction of sp³-hybridized carbons (Fsp3) is 0. The SMILES string of the molecule is Nc1cccc(NC(=O)Nc2ccc3c(c2)C(=O)NC3=O)c1. The van der Waals surface area contributed by atoms with Crippen molar-refractivity contribution in [3.05, 3.63) is 53.6 Å². The normalized spacial score (nSPS) is 12.5. The van der Waals surface area contributed by atoms with Gasteiger partial charge in [-0.15, -0.1) is 0 Å². The Hall–Kier alpha value is -3.35. The Labute approximate surface area is 125 Å². The predicted octanol–water partition coefficient (Wildman–Crippen LogP) is 1.80. The molecule has 0 spiro atoms. The van der Waals surface area contributed by atoms with E-state index in [9.17, 15) is 14.4 Å². The number of fused-ring (bicyclic) bond motifs is 1. The van der Waals surface area contributed by atoms with Crippen LogP contribution in [0.5, 0.6) is 0 Å². The summed E-state index contributed by atoms with van der Waals surface area (Å²) in [4.78, 5) is 34.9. The van der Waals surface area contributed by atoms with Crippen molar-refractivity contribution >= 4 is 34.9 Å². The van der Waals surface area contributed by atoms with Gasteiger partial charge in [-0.1, -0.05) is 6.07 Å². The second-order valence-corrected chi connectivity index (χ2v) is 4.75. The van der Waals surface area contributed by atoms with Crippen LogP contribution in [-0.2, 0) is 0 Å². The molecule has 4 amide bonds. The first-order chi connectivity index (χ1) is 10.5. The van der Waals surface area contributed by atoms with E-state index in [1.807, 2.05) is 0 Å². The standard InChI is InChI=1S/C15H12N4O3/c16-8-2-1-3-9(6-8)17-15(22)18-10-4-5-11-12(7-10)14(21)19-13(11)20/h1-7H,16H2,(H2,17,18,22)(H,19,20,21). The average molecular weight is 296 g/mol. The van der Waals surface area contributed by atoms with Crippen molar-refractivity contribution < 1.29 is 14.4 Å². The van der Waals surface area contributed by atoms with Crippen LogP contribution in [-0.4, -0.2) is 17.8 Å². The molecule has 22 heavy (non-hydrogen) atoms. The highest BCUT2D eigenvalue weighted by molar-refractivity contribution is 6.22. The van der Waals surface area contributed by atoms with Crippen LogP contribution in [0.25, 0.3) is 0 Å². The lowest BCUT2D eigenvalue weighted by atomic mass is 10.1. The van der Waals surface area contributed by atoms with Gasteiger partial charge in [0.2, 0.25) is 0 Å². The summed E-state index contributed by atoms with van der Waals surface area (Å²) in [5.74, 6) is -0.907. The number of carbonyl (C=O) groups excluding carboxylic acids is 3. The molecule has 0 saturated heterocycles. The molecule has 0 aliphatic carbocycles. The number of benzene rings is 2. The molecule has 2 aromatic rings. The molecule has 2 aromatic carbocycles. The summed E-state index contributed by atoms with van der Waals surface area (Å²) in [6.45, 7) is 0. The van der Waals surface area contributed by atoms with Crippen molar-refractivity contribution in [1.29, 1.82) is 0 Å². The van der Waals surface area contributed by atoms with Crippen molar-refractivity contribution in [3.63, 3.8) is 0 Å². The number of rotatable bonds is 2. The number of nitrogens with two attached hydrogens (primary N) is 1. The highest BCUT2D eigenvalue weighted by Gasteiger charge is 2.26. The van der Waals surface area contributed by atoms with Gasteiger partial charge in [0.25, 0.3) is 11.8 Å². The van der Waals surface area contributed by atoms with Crippen LogP contribution in [0.1, 0.15) is 20.7 Å². The number of anilines is 3. The zero-order valence-corrected chi connectivity index (χ0v) is 11.3. The zero-order chi connectivity index (χ0) is 15.7. The van der Waals surface area contributed by atoms with Gasteiger partial charge in [0.1, 0.15) is 0 Å². The van der Waals surface area contributed by atoms with Crippen LogP contribution < -0.4 is 21.7 Å². The molecule has 0 aromatic heterocycles. The van der Waals surface area contributed by atoms with Crippen LogP contribution in [0.4, 0.5) is 21.9 Å². The summed E-state index contributed by atoms with van der Waals surface area (Å²) in [5.41, 5.74) is 7.66. The summed E-state index contributed by atoms with van der Waals surface area (Å²) in [6.07, 6.45) is 0. The molecular formula is C15H12N4O3. The zero-order valence-electron chi connectivity index (χ0n) is 11.3. The fourth-order valence-electron chi connectivity index (χ4n) is 2.16. The first-order valence-corrected chi connectivity index (χ1v) is 6.46. The summed E-state index contributed by atoms with van der Waals surface area (Å²) in [7, 11) is 0. The van der Waals surface area contributed by atoms with Gasteiger partial charge in [0.15, 0.2) is 0 Å². The van der Waals surface area contributed by atoms with E-state index in [0.29, 0.717) is 22.6 Å². The van der Waals surface area contributed by atoms with E-state index >= 15 is 0 Å². The molecule has 3 rings (SSSR count). The van der Waals surface area contributed by atoms with Crippen molar-refractivity contribution in [1.82, 2.24) is 5.32 Å². The van der Waals surface area contributed by atoms with E-state index in [0.717, 1.165) is 0 Å². The molecular weight excluding hydrogens is 284 g/mol. The maximum Gasteiger partial charge on any atom is 0.323 e. The maximum absolute atomic E-state index is 11.9. The van der Waals surface area contributed by atoms with Crippen molar-refractivity contribution in [2.24, 2.45) is 0 Å². The number of amides is 4. The van der Waals surface area contributed by atoms with Gasteiger partial charge < -0.3 is 16.4 Å². The number of hydrogen-bond donors (Lipinski definition) is 4. The van der Waals surface area contributed by atoms with Crippen molar-refractivity contribution in [2.45, 2.75) is 0 Å². The van der Waals surface area contributed by atoms with Gasteiger partial charge in [0, 0.05) is 17.1 Å². The van der Waals surface area contributed by atoms with Crippen LogP contribution in [0, 0.1) is 0 Å². The van der Waals surface area contributed by atoms with E-state index in [1.54, 1.807) is 30.3 Å². The molecule has 0 atom stereocenters. The molecule has 0 radical (unpaired) electrons. The van der Waals surface area contributed by atoms with Gasteiger partial charge in [0.05, 0.1) is 11.1 Å². The minimum atomic E-state index is -0.477. The van der Waals surface area contributed by atoms with E-state index in [2.05, 4.69) is 16.0 Å². The Morgan fingerprint density at radius 3 is 2.32 bits per heavy atom. The average Bonchev–Trinajstić information content (AvgIpc) is 2.73. The Balaban J connectivity index is 1.74. The van der Waals surface area contributed by atoms with E-state index < -0.39 is 17.8 Å². The molecule has 1 aliphatic rings. The monoisotopic (exact) mass is 296 g/mol. The predicted molar refractivity (Wildman–Crippen MR) is 81.7 cm³/mol. The first-order valence-electron chi connectivity index (χ1n) is 6.46. The molecule has 0 bridgehead atoms. The molecule has 5 N–H and O–H groups in total. The van der Waals surface area contributed by atoms with Crippen LogP contribution in [0.15, 0.2) is 42.5 Å². The molecule has 0 fully saturated rings. The number of urea groups is 1. The molecule has 7 nitrogen and oxygen atoms in total. The van der Waals surface area contributed by atoms with E-state index in [1.165, 1.54) is 12.1 Å². The van der Waals surface area contributed by atoms with Crippen molar-refractivity contribution in [3.8, 4) is 0 Å². The number of nitrogen functional groups attached to an aromatic ring is 1. The fourth-order valence-corrected chi connectivity index (χ4v) is 2.16. The number of nitrogens with one attached hydrogen (secondary N) is 3. The third-order valence-corrected chi connectivity index (χ3v) is 3.14. The Kier molecular flexibility index (Phi) is 3.23. The summed E-state index contributed by atoms with van der Waals surface area (Å²) in [6, 6.07) is 10.8. The molecule has 1 heterocycles. The van der Waals surface area contributed by atoms with Gasteiger partial charge in [-0.2, -0.15) is 0 Å². The minimum absolute atomic E-state index is 0.242. The number of imide groups is 1. The smallest absolute Gasteiger partial charge is 0.323 e. The Morgan fingerprint density at radius 1 is 0.909 bits per heavy atom. The van der Waals surface area contributed by atoms with Gasteiger partial charge in [-0.05, 0) is 36.4 Å². The lowest BCUT2D eigenvalue weighted by Crippen LogP contribution is -2.20. The molecule has 110 valence electrons. The Morgan fingerprint density at radius 2 is 1.59 bits per heavy atom. The second kappa shape index (κ2) is 5.21. The molecule has 0 unspecified atom stereocenters.